The normalized spacial score (nSPS) is 10.8. The van der Waals surface area contributed by atoms with Gasteiger partial charge in [-0.25, -0.2) is 13.8 Å². The summed E-state index contributed by atoms with van der Waals surface area (Å²) < 4.78 is 28.2. The van der Waals surface area contributed by atoms with Gasteiger partial charge in [-0.05, 0) is 12.1 Å². The van der Waals surface area contributed by atoms with Crippen LogP contribution in [0.5, 0.6) is 0 Å². The highest BCUT2D eigenvalue weighted by Crippen LogP contribution is 2.11. The molecule has 0 aliphatic carbocycles. The zero-order valence-electron chi connectivity index (χ0n) is 11.0. The van der Waals surface area contributed by atoms with Crippen LogP contribution in [0.4, 0.5) is 8.78 Å². The summed E-state index contributed by atoms with van der Waals surface area (Å²) in [6, 6.07) is 3.42. The number of rotatable bonds is 3. The van der Waals surface area contributed by atoms with Crippen LogP contribution < -0.4 is 10.9 Å². The summed E-state index contributed by atoms with van der Waals surface area (Å²) >= 11 is 1.26. The highest BCUT2D eigenvalue weighted by molar-refractivity contribution is 7.15. The van der Waals surface area contributed by atoms with Crippen LogP contribution in [0.3, 0.4) is 0 Å². The van der Waals surface area contributed by atoms with Gasteiger partial charge >= 0.3 is 0 Å². The molecule has 1 N–H and O–H groups in total. The van der Waals surface area contributed by atoms with Crippen molar-refractivity contribution in [2.45, 2.75) is 6.54 Å². The Bertz CT molecular complexity index is 900. The molecule has 0 radical (unpaired) electrons. The summed E-state index contributed by atoms with van der Waals surface area (Å²) in [6.07, 6.45) is 2.66. The summed E-state index contributed by atoms with van der Waals surface area (Å²) in [4.78, 5) is 28.6. The maximum atomic E-state index is 13.5. The zero-order chi connectivity index (χ0) is 15.7. The largest absolute Gasteiger partial charge is 0.348 e. The summed E-state index contributed by atoms with van der Waals surface area (Å²) in [7, 11) is 0. The van der Waals surface area contributed by atoms with Crippen molar-refractivity contribution in [2.75, 3.05) is 0 Å². The Balaban J connectivity index is 1.85. The van der Waals surface area contributed by atoms with E-state index >= 15 is 0 Å². The van der Waals surface area contributed by atoms with Crippen molar-refractivity contribution in [2.24, 2.45) is 0 Å². The average molecular weight is 321 g/mol. The molecule has 0 spiro atoms. The summed E-state index contributed by atoms with van der Waals surface area (Å²) in [5, 5.41) is 3.99. The van der Waals surface area contributed by atoms with Crippen LogP contribution in [0.25, 0.3) is 4.96 Å². The molecule has 2 aromatic heterocycles. The minimum atomic E-state index is -0.761. The Kier molecular flexibility index (Phi) is 3.68. The average Bonchev–Trinajstić information content (AvgIpc) is 2.96. The third-order valence-corrected chi connectivity index (χ3v) is 3.85. The molecule has 0 aliphatic rings. The standard InChI is InChI=1S/C14H9F2N3O2S/c15-10-2-1-3-11(16)8(10)6-17-12(20)9-7-18-14-19(13(9)21)4-5-22-14/h1-5,7H,6H2,(H,17,20). The van der Waals surface area contributed by atoms with Crippen LogP contribution in [0, 0.1) is 11.6 Å². The lowest BCUT2D eigenvalue weighted by atomic mass is 10.2. The molecule has 0 saturated heterocycles. The second kappa shape index (κ2) is 5.64. The quantitative estimate of drug-likeness (QED) is 0.802. The van der Waals surface area contributed by atoms with E-state index in [9.17, 15) is 18.4 Å². The van der Waals surface area contributed by atoms with E-state index in [2.05, 4.69) is 10.3 Å². The summed E-state index contributed by atoms with van der Waals surface area (Å²) in [5.41, 5.74) is -0.981. The van der Waals surface area contributed by atoms with E-state index in [1.54, 1.807) is 5.38 Å². The molecule has 8 heteroatoms. The first-order valence-electron chi connectivity index (χ1n) is 6.24. The molecule has 2 heterocycles. The predicted molar refractivity (Wildman–Crippen MR) is 76.9 cm³/mol. The Morgan fingerprint density at radius 1 is 1.32 bits per heavy atom. The van der Waals surface area contributed by atoms with E-state index in [0.717, 1.165) is 18.3 Å². The minimum Gasteiger partial charge on any atom is -0.348 e. The summed E-state index contributed by atoms with van der Waals surface area (Å²) in [6.45, 7) is -0.358. The summed E-state index contributed by atoms with van der Waals surface area (Å²) in [5.74, 6) is -2.26. The number of halogens is 2. The molecule has 0 aliphatic heterocycles. The van der Waals surface area contributed by atoms with Gasteiger partial charge < -0.3 is 5.32 Å². The van der Waals surface area contributed by atoms with Gasteiger partial charge in [0.15, 0.2) is 4.96 Å². The van der Waals surface area contributed by atoms with Crippen molar-refractivity contribution in [3.8, 4) is 0 Å². The first-order valence-corrected chi connectivity index (χ1v) is 7.12. The number of benzene rings is 1. The van der Waals surface area contributed by atoms with Gasteiger partial charge in [0.1, 0.15) is 17.2 Å². The van der Waals surface area contributed by atoms with Gasteiger partial charge in [-0.1, -0.05) is 6.07 Å². The van der Waals surface area contributed by atoms with Crippen molar-refractivity contribution in [3.05, 3.63) is 69.1 Å². The maximum absolute atomic E-state index is 13.5. The van der Waals surface area contributed by atoms with Crippen molar-refractivity contribution >= 4 is 22.2 Å². The number of nitrogens with one attached hydrogen (secondary N) is 1. The van der Waals surface area contributed by atoms with Crippen LogP contribution in [-0.4, -0.2) is 15.3 Å². The van der Waals surface area contributed by atoms with Crippen molar-refractivity contribution in [3.63, 3.8) is 0 Å². The molecule has 3 rings (SSSR count). The Morgan fingerprint density at radius 2 is 2.05 bits per heavy atom. The molecule has 0 fully saturated rings. The van der Waals surface area contributed by atoms with E-state index in [4.69, 9.17) is 0 Å². The number of nitrogens with zero attached hydrogens (tertiary/aromatic N) is 2. The molecule has 3 aromatic rings. The van der Waals surface area contributed by atoms with Gasteiger partial charge in [0.05, 0.1) is 0 Å². The number of carbonyl (C=O) groups excluding carboxylic acids is 1. The van der Waals surface area contributed by atoms with Gasteiger partial charge in [0.2, 0.25) is 0 Å². The van der Waals surface area contributed by atoms with Gasteiger partial charge in [0.25, 0.3) is 11.5 Å². The second-order valence-electron chi connectivity index (χ2n) is 4.42. The highest BCUT2D eigenvalue weighted by Gasteiger charge is 2.15. The molecule has 0 bridgehead atoms. The SMILES string of the molecule is O=C(NCc1c(F)cccc1F)c1cnc2sccn2c1=O. The van der Waals surface area contributed by atoms with Gasteiger partial charge in [0, 0.05) is 29.9 Å². The number of hydrogen-bond donors (Lipinski definition) is 1. The fourth-order valence-electron chi connectivity index (χ4n) is 1.95. The van der Waals surface area contributed by atoms with Crippen LogP contribution in [0.1, 0.15) is 15.9 Å². The number of hydrogen-bond acceptors (Lipinski definition) is 4. The van der Waals surface area contributed by atoms with Crippen molar-refractivity contribution in [1.82, 2.24) is 14.7 Å². The number of carbonyl (C=O) groups is 1. The zero-order valence-corrected chi connectivity index (χ0v) is 11.9. The van der Waals surface area contributed by atoms with Crippen LogP contribution >= 0.6 is 11.3 Å². The van der Waals surface area contributed by atoms with Gasteiger partial charge in [-0.15, -0.1) is 11.3 Å². The minimum absolute atomic E-state index is 0.187. The number of thiazole rings is 1. The predicted octanol–water partition coefficient (Wildman–Crippen LogP) is 1.96. The third-order valence-electron chi connectivity index (χ3n) is 3.07. The van der Waals surface area contributed by atoms with E-state index in [1.165, 1.54) is 28.0 Å². The molecule has 1 aromatic carbocycles. The monoisotopic (exact) mass is 321 g/mol. The topological polar surface area (TPSA) is 63.5 Å². The van der Waals surface area contributed by atoms with E-state index in [1.807, 2.05) is 0 Å². The molecule has 22 heavy (non-hydrogen) atoms. The lowest BCUT2D eigenvalue weighted by Crippen LogP contribution is -2.31. The molecule has 5 nitrogen and oxygen atoms in total. The number of amides is 1. The highest BCUT2D eigenvalue weighted by atomic mass is 32.1. The molecule has 0 saturated carbocycles. The molecule has 112 valence electrons. The first kappa shape index (κ1) is 14.3. The second-order valence-corrected chi connectivity index (χ2v) is 5.29. The van der Waals surface area contributed by atoms with E-state index in [-0.39, 0.29) is 17.7 Å². The molecule has 0 unspecified atom stereocenters. The Labute approximate surface area is 126 Å². The van der Waals surface area contributed by atoms with Crippen LogP contribution in [0.2, 0.25) is 0 Å². The van der Waals surface area contributed by atoms with Gasteiger partial charge in [-0.3, -0.25) is 14.0 Å². The molecule has 1 amide bonds. The fraction of sp³-hybridized carbons (Fsp3) is 0.0714. The Hall–Kier alpha value is -2.61. The smallest absolute Gasteiger partial charge is 0.271 e. The maximum Gasteiger partial charge on any atom is 0.271 e. The van der Waals surface area contributed by atoms with Crippen LogP contribution in [0.15, 0.2) is 40.8 Å². The number of fused-ring (bicyclic) bond motifs is 1. The lowest BCUT2D eigenvalue weighted by molar-refractivity contribution is 0.0948. The van der Waals surface area contributed by atoms with E-state index < -0.39 is 23.1 Å². The van der Waals surface area contributed by atoms with Gasteiger partial charge in [-0.2, -0.15) is 0 Å². The molecular formula is C14H9F2N3O2S. The lowest BCUT2D eigenvalue weighted by Gasteiger charge is -2.07. The fourth-order valence-corrected chi connectivity index (χ4v) is 2.62. The Morgan fingerprint density at radius 3 is 2.77 bits per heavy atom. The molecule has 0 atom stereocenters. The first-order chi connectivity index (χ1) is 10.6. The van der Waals surface area contributed by atoms with E-state index in [0.29, 0.717) is 4.96 Å². The van der Waals surface area contributed by atoms with Crippen molar-refractivity contribution < 1.29 is 13.6 Å². The van der Waals surface area contributed by atoms with Crippen molar-refractivity contribution in [1.29, 1.82) is 0 Å². The molecular weight excluding hydrogens is 312 g/mol. The van der Waals surface area contributed by atoms with Crippen LogP contribution in [-0.2, 0) is 6.54 Å². The third kappa shape index (κ3) is 2.48. The number of aromatic nitrogens is 2.